The molecular formula is C13H12FN3O3. The molecule has 1 heterocycles. The molecule has 0 saturated heterocycles. The zero-order valence-electron chi connectivity index (χ0n) is 10.5. The van der Waals surface area contributed by atoms with Crippen LogP contribution in [0, 0.1) is 15.9 Å². The zero-order chi connectivity index (χ0) is 14.5. The minimum atomic E-state index is -0.569. The van der Waals surface area contributed by atoms with E-state index in [4.69, 9.17) is 0 Å². The van der Waals surface area contributed by atoms with Gasteiger partial charge in [-0.3, -0.25) is 4.79 Å². The average Bonchev–Trinajstić information content (AvgIpc) is 2.88. The highest BCUT2D eigenvalue weighted by molar-refractivity contribution is 5.95. The maximum Gasteiger partial charge on any atom is 0.389 e. The predicted molar refractivity (Wildman–Crippen MR) is 68.8 cm³/mol. The van der Waals surface area contributed by atoms with Crippen molar-refractivity contribution in [3.63, 3.8) is 0 Å². The highest BCUT2D eigenvalue weighted by atomic mass is 19.1. The monoisotopic (exact) mass is 277 g/mol. The Morgan fingerprint density at radius 2 is 2.00 bits per heavy atom. The maximum absolute atomic E-state index is 12.7. The van der Waals surface area contributed by atoms with E-state index >= 15 is 0 Å². The van der Waals surface area contributed by atoms with Gasteiger partial charge in [-0.15, -0.1) is 0 Å². The number of benzene rings is 1. The Hall–Kier alpha value is -2.57. The summed E-state index contributed by atoms with van der Waals surface area (Å²) in [6, 6.07) is 6.67. The van der Waals surface area contributed by atoms with Crippen molar-refractivity contribution >= 4 is 11.6 Å². The molecule has 0 N–H and O–H groups in total. The second kappa shape index (κ2) is 6.05. The highest BCUT2D eigenvalue weighted by Crippen LogP contribution is 2.09. The normalized spacial score (nSPS) is 10.4. The van der Waals surface area contributed by atoms with Crippen LogP contribution in [0.1, 0.15) is 23.2 Å². The third kappa shape index (κ3) is 3.47. The Bertz CT molecular complexity index is 622. The van der Waals surface area contributed by atoms with Gasteiger partial charge in [-0.2, -0.15) is 4.68 Å². The molecule has 0 saturated carbocycles. The van der Waals surface area contributed by atoms with Gasteiger partial charge in [0.05, 0.1) is 23.9 Å². The number of hydrogen-bond donors (Lipinski definition) is 0. The van der Waals surface area contributed by atoms with E-state index in [0.29, 0.717) is 18.5 Å². The van der Waals surface area contributed by atoms with Crippen LogP contribution in [0.2, 0.25) is 0 Å². The van der Waals surface area contributed by atoms with E-state index in [1.165, 1.54) is 41.2 Å². The summed E-state index contributed by atoms with van der Waals surface area (Å²) in [4.78, 5) is 21.7. The van der Waals surface area contributed by atoms with Crippen LogP contribution in [-0.4, -0.2) is 20.5 Å². The quantitative estimate of drug-likeness (QED) is 0.462. The Morgan fingerprint density at radius 1 is 1.30 bits per heavy atom. The Labute approximate surface area is 114 Å². The zero-order valence-corrected chi connectivity index (χ0v) is 10.5. The second-order valence-corrected chi connectivity index (χ2v) is 4.23. The van der Waals surface area contributed by atoms with Gasteiger partial charge in [0.1, 0.15) is 5.82 Å². The van der Waals surface area contributed by atoms with Crippen LogP contribution in [0.5, 0.6) is 0 Å². The number of rotatable bonds is 6. The van der Waals surface area contributed by atoms with Crippen molar-refractivity contribution in [3.8, 4) is 0 Å². The molecule has 20 heavy (non-hydrogen) atoms. The summed E-state index contributed by atoms with van der Waals surface area (Å²) in [5.74, 6) is -0.688. The molecule has 0 aliphatic rings. The molecule has 0 atom stereocenters. The molecule has 104 valence electrons. The van der Waals surface area contributed by atoms with Gasteiger partial charge >= 0.3 is 5.82 Å². The lowest BCUT2D eigenvalue weighted by molar-refractivity contribution is -0.389. The third-order valence-corrected chi connectivity index (χ3v) is 2.77. The summed E-state index contributed by atoms with van der Waals surface area (Å²) in [7, 11) is 0. The lowest BCUT2D eigenvalue weighted by Gasteiger charge is -2.00. The fourth-order valence-electron chi connectivity index (χ4n) is 1.75. The van der Waals surface area contributed by atoms with Gasteiger partial charge in [0.25, 0.3) is 0 Å². The molecule has 0 spiro atoms. The number of ketones is 1. The molecule has 0 fully saturated rings. The van der Waals surface area contributed by atoms with E-state index in [1.54, 1.807) is 0 Å². The first-order valence-electron chi connectivity index (χ1n) is 6.03. The van der Waals surface area contributed by atoms with Crippen molar-refractivity contribution < 1.29 is 14.1 Å². The van der Waals surface area contributed by atoms with Crippen LogP contribution in [0.15, 0.2) is 36.5 Å². The Morgan fingerprint density at radius 3 is 2.60 bits per heavy atom. The van der Waals surface area contributed by atoms with Gasteiger partial charge in [-0.05, 0) is 35.6 Å². The first-order chi connectivity index (χ1) is 9.56. The standard InChI is InChI=1S/C13H12FN3O3/c14-11-5-3-10(4-6-11)12(18)2-1-8-16-9-7-13(15-16)17(19)20/h3-7,9H,1-2,8H2. The van der Waals surface area contributed by atoms with Gasteiger partial charge in [-0.25, -0.2) is 4.39 Å². The van der Waals surface area contributed by atoms with Crippen molar-refractivity contribution in [2.24, 2.45) is 0 Å². The molecule has 2 aromatic rings. The minimum absolute atomic E-state index is 0.0911. The lowest BCUT2D eigenvalue weighted by Crippen LogP contribution is -2.04. The second-order valence-electron chi connectivity index (χ2n) is 4.23. The molecule has 0 unspecified atom stereocenters. The number of nitrogens with zero attached hydrogens (tertiary/aromatic N) is 3. The van der Waals surface area contributed by atoms with Gasteiger partial charge in [0.15, 0.2) is 5.78 Å². The fourth-order valence-corrected chi connectivity index (χ4v) is 1.75. The number of carbonyl (C=O) groups excluding carboxylic acids is 1. The lowest BCUT2D eigenvalue weighted by atomic mass is 10.1. The van der Waals surface area contributed by atoms with Crippen LogP contribution < -0.4 is 0 Å². The summed E-state index contributed by atoms with van der Waals surface area (Å²) in [6.07, 6.45) is 2.29. The maximum atomic E-state index is 12.7. The Kier molecular flexibility index (Phi) is 4.19. The van der Waals surface area contributed by atoms with Gasteiger partial charge in [0, 0.05) is 12.0 Å². The number of aryl methyl sites for hydroxylation is 1. The number of halogens is 1. The predicted octanol–water partition coefficient (Wildman–Crippen LogP) is 2.59. The molecule has 1 aromatic heterocycles. The van der Waals surface area contributed by atoms with Crippen molar-refractivity contribution in [1.29, 1.82) is 0 Å². The summed E-state index contributed by atoms with van der Waals surface area (Å²) >= 11 is 0. The summed E-state index contributed by atoms with van der Waals surface area (Å²) in [6.45, 7) is 0.417. The number of carbonyl (C=O) groups is 1. The molecule has 7 heteroatoms. The molecule has 0 aliphatic carbocycles. The fraction of sp³-hybridized carbons (Fsp3) is 0.231. The number of aromatic nitrogens is 2. The molecule has 0 amide bonds. The van der Waals surface area contributed by atoms with E-state index < -0.39 is 4.92 Å². The van der Waals surface area contributed by atoms with Crippen molar-refractivity contribution in [2.75, 3.05) is 0 Å². The molecular weight excluding hydrogens is 265 g/mol. The highest BCUT2D eigenvalue weighted by Gasteiger charge is 2.11. The van der Waals surface area contributed by atoms with Crippen LogP contribution in [-0.2, 0) is 6.54 Å². The van der Waals surface area contributed by atoms with Gasteiger partial charge < -0.3 is 10.1 Å². The number of nitro groups is 1. The summed E-state index contributed by atoms with van der Waals surface area (Å²) in [5.41, 5.74) is 0.456. The minimum Gasteiger partial charge on any atom is -0.358 e. The molecule has 0 bridgehead atoms. The number of Topliss-reactive ketones (excluding diaryl/α,β-unsaturated/α-hetero) is 1. The van der Waals surface area contributed by atoms with E-state index in [0.717, 1.165) is 0 Å². The Balaban J connectivity index is 1.84. The van der Waals surface area contributed by atoms with E-state index in [2.05, 4.69) is 5.10 Å². The van der Waals surface area contributed by atoms with Crippen molar-refractivity contribution in [3.05, 3.63) is 58.0 Å². The first kappa shape index (κ1) is 13.9. The van der Waals surface area contributed by atoms with E-state index in [-0.39, 0.29) is 23.8 Å². The van der Waals surface area contributed by atoms with Crippen LogP contribution in [0.4, 0.5) is 10.2 Å². The number of hydrogen-bond acceptors (Lipinski definition) is 4. The topological polar surface area (TPSA) is 78.0 Å². The van der Waals surface area contributed by atoms with Crippen LogP contribution in [0.3, 0.4) is 0 Å². The van der Waals surface area contributed by atoms with E-state index in [1.807, 2.05) is 0 Å². The molecule has 0 radical (unpaired) electrons. The SMILES string of the molecule is O=C(CCCn1ccc([N+](=O)[O-])n1)c1ccc(F)cc1. The largest absolute Gasteiger partial charge is 0.389 e. The van der Waals surface area contributed by atoms with Gasteiger partial charge in [0.2, 0.25) is 0 Å². The van der Waals surface area contributed by atoms with Crippen LogP contribution in [0.25, 0.3) is 0 Å². The van der Waals surface area contributed by atoms with Gasteiger partial charge in [-0.1, -0.05) is 0 Å². The summed E-state index contributed by atoms with van der Waals surface area (Å²) < 4.78 is 14.1. The third-order valence-electron chi connectivity index (χ3n) is 2.77. The average molecular weight is 277 g/mol. The smallest absolute Gasteiger partial charge is 0.358 e. The van der Waals surface area contributed by atoms with Crippen molar-refractivity contribution in [2.45, 2.75) is 19.4 Å². The van der Waals surface area contributed by atoms with Crippen LogP contribution >= 0.6 is 0 Å². The van der Waals surface area contributed by atoms with Crippen molar-refractivity contribution in [1.82, 2.24) is 9.78 Å². The molecule has 6 nitrogen and oxygen atoms in total. The molecule has 1 aromatic carbocycles. The molecule has 2 rings (SSSR count). The first-order valence-corrected chi connectivity index (χ1v) is 6.03. The summed E-state index contributed by atoms with van der Waals surface area (Å²) in [5, 5.41) is 14.2. The molecule has 0 aliphatic heterocycles. The van der Waals surface area contributed by atoms with E-state index in [9.17, 15) is 19.3 Å².